The highest BCUT2D eigenvalue weighted by Gasteiger charge is 2.02. The maximum atomic E-state index is 5.28. The van der Waals surface area contributed by atoms with E-state index in [0.29, 0.717) is 0 Å². The van der Waals surface area contributed by atoms with Crippen LogP contribution in [0, 0.1) is 20.8 Å². The zero-order chi connectivity index (χ0) is 12.3. The fourth-order valence-corrected chi connectivity index (χ4v) is 1.94. The van der Waals surface area contributed by atoms with Crippen LogP contribution in [0.15, 0.2) is 34.9 Å². The summed E-state index contributed by atoms with van der Waals surface area (Å²) >= 11 is 0. The maximum absolute atomic E-state index is 5.28. The average molecular weight is 229 g/mol. The molecule has 2 rings (SSSR count). The van der Waals surface area contributed by atoms with Crippen LogP contribution in [-0.4, -0.2) is 0 Å². The molecule has 90 valence electrons. The van der Waals surface area contributed by atoms with E-state index in [-0.39, 0.29) is 0 Å². The number of hydrogen-bond acceptors (Lipinski definition) is 2. The number of furan rings is 1. The molecule has 0 atom stereocenters. The van der Waals surface area contributed by atoms with E-state index in [2.05, 4.69) is 38.2 Å². The van der Waals surface area contributed by atoms with Crippen LogP contribution in [0.4, 0.5) is 0 Å². The molecule has 0 bridgehead atoms. The molecular formula is C15H19NO. The number of aryl methyl sites for hydroxylation is 3. The maximum Gasteiger partial charge on any atom is 0.117 e. The number of rotatable bonds is 4. The van der Waals surface area contributed by atoms with Crippen molar-refractivity contribution in [3.63, 3.8) is 0 Å². The Labute approximate surface area is 103 Å². The largest absolute Gasteiger partial charge is 0.468 e. The second kappa shape index (κ2) is 5.19. The van der Waals surface area contributed by atoms with Gasteiger partial charge in [0, 0.05) is 6.54 Å². The Morgan fingerprint density at radius 1 is 1.00 bits per heavy atom. The number of benzene rings is 1. The summed E-state index contributed by atoms with van der Waals surface area (Å²) in [5.74, 6) is 0.978. The van der Waals surface area contributed by atoms with Gasteiger partial charge in [0.2, 0.25) is 0 Å². The molecule has 2 aromatic rings. The molecule has 0 saturated heterocycles. The third-order valence-electron chi connectivity index (χ3n) is 3.15. The minimum atomic E-state index is 0.777. The summed E-state index contributed by atoms with van der Waals surface area (Å²) in [6.07, 6.45) is 1.71. The van der Waals surface area contributed by atoms with Crippen molar-refractivity contribution in [1.29, 1.82) is 0 Å². The molecule has 0 saturated carbocycles. The molecule has 0 aliphatic rings. The van der Waals surface area contributed by atoms with Gasteiger partial charge in [-0.05, 0) is 55.2 Å². The topological polar surface area (TPSA) is 25.2 Å². The molecule has 17 heavy (non-hydrogen) atoms. The lowest BCUT2D eigenvalue weighted by molar-refractivity contribution is 0.483. The Balaban J connectivity index is 1.97. The Bertz CT molecular complexity index is 486. The quantitative estimate of drug-likeness (QED) is 0.868. The lowest BCUT2D eigenvalue weighted by Gasteiger charge is -2.10. The standard InChI is InChI=1S/C15H19NO/c1-11-7-13(3)14(8-12(11)2)9-16-10-15-5-4-6-17-15/h4-8,16H,9-10H2,1-3H3. The van der Waals surface area contributed by atoms with Crippen molar-refractivity contribution in [1.82, 2.24) is 5.32 Å². The van der Waals surface area contributed by atoms with E-state index in [1.54, 1.807) is 6.26 Å². The summed E-state index contributed by atoms with van der Waals surface area (Å²) in [7, 11) is 0. The van der Waals surface area contributed by atoms with Gasteiger partial charge in [-0.15, -0.1) is 0 Å². The first-order valence-corrected chi connectivity index (χ1v) is 5.96. The van der Waals surface area contributed by atoms with E-state index >= 15 is 0 Å². The highest BCUT2D eigenvalue weighted by molar-refractivity contribution is 5.36. The van der Waals surface area contributed by atoms with Crippen molar-refractivity contribution >= 4 is 0 Å². The molecule has 1 aromatic carbocycles. The molecule has 2 nitrogen and oxygen atoms in total. The summed E-state index contributed by atoms with van der Waals surface area (Å²) in [4.78, 5) is 0. The normalized spacial score (nSPS) is 10.8. The van der Waals surface area contributed by atoms with Gasteiger partial charge in [0.25, 0.3) is 0 Å². The lowest BCUT2D eigenvalue weighted by Crippen LogP contribution is -2.13. The van der Waals surface area contributed by atoms with E-state index < -0.39 is 0 Å². The van der Waals surface area contributed by atoms with Crippen molar-refractivity contribution in [2.24, 2.45) is 0 Å². The van der Waals surface area contributed by atoms with E-state index in [0.717, 1.165) is 18.8 Å². The van der Waals surface area contributed by atoms with Crippen LogP contribution >= 0.6 is 0 Å². The summed E-state index contributed by atoms with van der Waals surface area (Å²) in [5, 5.41) is 3.40. The fourth-order valence-electron chi connectivity index (χ4n) is 1.94. The molecular weight excluding hydrogens is 210 g/mol. The summed E-state index contributed by atoms with van der Waals surface area (Å²) < 4.78 is 5.28. The predicted octanol–water partition coefficient (Wildman–Crippen LogP) is 3.49. The first-order chi connectivity index (χ1) is 8.16. The van der Waals surface area contributed by atoms with Crippen LogP contribution in [0.25, 0.3) is 0 Å². The highest BCUT2D eigenvalue weighted by Crippen LogP contribution is 2.15. The van der Waals surface area contributed by atoms with E-state index in [9.17, 15) is 0 Å². The van der Waals surface area contributed by atoms with Crippen LogP contribution in [0.2, 0.25) is 0 Å². The molecule has 2 heteroatoms. The number of nitrogens with one attached hydrogen (secondary N) is 1. The molecule has 0 amide bonds. The molecule has 0 aliphatic carbocycles. The van der Waals surface area contributed by atoms with Crippen LogP contribution in [0.1, 0.15) is 28.0 Å². The molecule has 0 aliphatic heterocycles. The minimum absolute atomic E-state index is 0.777. The summed E-state index contributed by atoms with van der Waals surface area (Å²) in [6, 6.07) is 8.41. The van der Waals surface area contributed by atoms with Crippen molar-refractivity contribution in [2.45, 2.75) is 33.9 Å². The van der Waals surface area contributed by atoms with Crippen molar-refractivity contribution in [2.75, 3.05) is 0 Å². The third kappa shape index (κ3) is 2.98. The Morgan fingerprint density at radius 3 is 2.47 bits per heavy atom. The van der Waals surface area contributed by atoms with Gasteiger partial charge in [-0.25, -0.2) is 0 Å². The zero-order valence-electron chi connectivity index (χ0n) is 10.7. The van der Waals surface area contributed by atoms with E-state index in [1.807, 2.05) is 12.1 Å². The lowest BCUT2D eigenvalue weighted by atomic mass is 10.0. The minimum Gasteiger partial charge on any atom is -0.468 e. The predicted molar refractivity (Wildman–Crippen MR) is 69.9 cm³/mol. The van der Waals surface area contributed by atoms with Crippen molar-refractivity contribution in [3.05, 3.63) is 58.5 Å². The molecule has 0 unspecified atom stereocenters. The SMILES string of the molecule is Cc1cc(C)c(CNCc2ccco2)cc1C. The van der Waals surface area contributed by atoms with Gasteiger partial charge in [-0.3, -0.25) is 0 Å². The summed E-state index contributed by atoms with van der Waals surface area (Å²) in [6.45, 7) is 8.14. The smallest absolute Gasteiger partial charge is 0.117 e. The first kappa shape index (κ1) is 11.9. The molecule has 0 spiro atoms. The molecule has 0 fully saturated rings. The Morgan fingerprint density at radius 2 is 1.76 bits per heavy atom. The van der Waals surface area contributed by atoms with Gasteiger partial charge in [0.05, 0.1) is 12.8 Å². The van der Waals surface area contributed by atoms with Gasteiger partial charge in [-0.2, -0.15) is 0 Å². The highest BCUT2D eigenvalue weighted by atomic mass is 16.3. The van der Waals surface area contributed by atoms with Crippen LogP contribution in [-0.2, 0) is 13.1 Å². The van der Waals surface area contributed by atoms with E-state index in [4.69, 9.17) is 4.42 Å². The molecule has 0 radical (unpaired) electrons. The molecule has 1 N–H and O–H groups in total. The second-order valence-corrected chi connectivity index (χ2v) is 4.55. The third-order valence-corrected chi connectivity index (χ3v) is 3.15. The van der Waals surface area contributed by atoms with Crippen LogP contribution < -0.4 is 5.32 Å². The average Bonchev–Trinajstić information content (AvgIpc) is 2.78. The van der Waals surface area contributed by atoms with Crippen molar-refractivity contribution < 1.29 is 4.42 Å². The molecule has 1 heterocycles. The Hall–Kier alpha value is -1.54. The molecule has 1 aromatic heterocycles. The van der Waals surface area contributed by atoms with Gasteiger partial charge < -0.3 is 9.73 Å². The van der Waals surface area contributed by atoms with Gasteiger partial charge in [-0.1, -0.05) is 12.1 Å². The first-order valence-electron chi connectivity index (χ1n) is 5.96. The van der Waals surface area contributed by atoms with Crippen LogP contribution in [0.3, 0.4) is 0 Å². The Kier molecular flexibility index (Phi) is 3.64. The van der Waals surface area contributed by atoms with Gasteiger partial charge in [0.15, 0.2) is 0 Å². The fraction of sp³-hybridized carbons (Fsp3) is 0.333. The second-order valence-electron chi connectivity index (χ2n) is 4.55. The zero-order valence-corrected chi connectivity index (χ0v) is 10.7. The van der Waals surface area contributed by atoms with Crippen LogP contribution in [0.5, 0.6) is 0 Å². The number of hydrogen-bond donors (Lipinski definition) is 1. The van der Waals surface area contributed by atoms with Crippen molar-refractivity contribution in [3.8, 4) is 0 Å². The van der Waals surface area contributed by atoms with E-state index in [1.165, 1.54) is 22.3 Å². The summed E-state index contributed by atoms with van der Waals surface area (Å²) in [5.41, 5.74) is 5.42. The van der Waals surface area contributed by atoms with Gasteiger partial charge >= 0.3 is 0 Å². The van der Waals surface area contributed by atoms with Gasteiger partial charge in [0.1, 0.15) is 5.76 Å². The monoisotopic (exact) mass is 229 g/mol.